The molecule has 0 aromatic heterocycles. The molecule has 0 atom stereocenters. The fourth-order valence-corrected chi connectivity index (χ4v) is 1.14. The monoisotopic (exact) mass is 201 g/mol. The number of terminal acetylenes is 1. The van der Waals surface area contributed by atoms with Crippen molar-refractivity contribution >= 4 is 5.96 Å². The molecule has 0 radical (unpaired) electrons. The highest BCUT2D eigenvalue weighted by Crippen LogP contribution is 1.96. The lowest BCUT2D eigenvalue weighted by atomic mass is 10.2. The molecule has 0 fully saturated rings. The van der Waals surface area contributed by atoms with Crippen LogP contribution in [0.15, 0.2) is 35.3 Å². The van der Waals surface area contributed by atoms with Gasteiger partial charge in [-0.2, -0.15) is 0 Å². The number of nitrogens with one attached hydrogen (secondary N) is 2. The van der Waals surface area contributed by atoms with E-state index >= 15 is 0 Å². The molecule has 0 bridgehead atoms. The third-order valence-corrected chi connectivity index (χ3v) is 1.88. The van der Waals surface area contributed by atoms with Crippen molar-refractivity contribution in [2.45, 2.75) is 6.54 Å². The second kappa shape index (κ2) is 6.50. The predicted molar refractivity (Wildman–Crippen MR) is 63.5 cm³/mol. The Bertz CT molecular complexity index is 349. The van der Waals surface area contributed by atoms with Crippen molar-refractivity contribution in [2.24, 2.45) is 4.99 Å². The second-order valence-corrected chi connectivity index (χ2v) is 2.97. The first-order valence-corrected chi connectivity index (χ1v) is 4.78. The van der Waals surface area contributed by atoms with Crippen LogP contribution in [0.1, 0.15) is 5.56 Å². The fourth-order valence-electron chi connectivity index (χ4n) is 1.14. The van der Waals surface area contributed by atoms with E-state index in [4.69, 9.17) is 6.42 Å². The van der Waals surface area contributed by atoms with Crippen LogP contribution in [0.5, 0.6) is 0 Å². The Hall–Kier alpha value is -1.95. The molecule has 0 spiro atoms. The van der Waals surface area contributed by atoms with E-state index in [-0.39, 0.29) is 0 Å². The maximum Gasteiger partial charge on any atom is 0.192 e. The molecule has 3 nitrogen and oxygen atoms in total. The molecular weight excluding hydrogens is 186 g/mol. The van der Waals surface area contributed by atoms with Gasteiger partial charge in [0.1, 0.15) is 0 Å². The maximum absolute atomic E-state index is 5.14. The van der Waals surface area contributed by atoms with E-state index < -0.39 is 0 Å². The van der Waals surface area contributed by atoms with Crippen LogP contribution in [0.2, 0.25) is 0 Å². The molecule has 0 aliphatic carbocycles. The van der Waals surface area contributed by atoms with E-state index in [1.165, 1.54) is 5.56 Å². The molecule has 0 heterocycles. The summed E-state index contributed by atoms with van der Waals surface area (Å²) in [5.41, 5.74) is 1.21. The van der Waals surface area contributed by atoms with E-state index in [1.54, 1.807) is 7.05 Å². The molecule has 78 valence electrons. The molecule has 0 unspecified atom stereocenters. The smallest absolute Gasteiger partial charge is 0.192 e. The van der Waals surface area contributed by atoms with Crippen molar-refractivity contribution in [2.75, 3.05) is 13.6 Å². The van der Waals surface area contributed by atoms with Crippen LogP contribution in [0.4, 0.5) is 0 Å². The Morgan fingerprint density at radius 2 is 2.07 bits per heavy atom. The number of benzene rings is 1. The van der Waals surface area contributed by atoms with Crippen molar-refractivity contribution in [1.29, 1.82) is 0 Å². The Morgan fingerprint density at radius 1 is 1.33 bits per heavy atom. The van der Waals surface area contributed by atoms with Crippen molar-refractivity contribution in [3.8, 4) is 12.3 Å². The van der Waals surface area contributed by atoms with Crippen LogP contribution >= 0.6 is 0 Å². The first-order chi connectivity index (χ1) is 7.36. The number of rotatable bonds is 3. The van der Waals surface area contributed by atoms with Gasteiger partial charge in [-0.15, -0.1) is 6.42 Å². The van der Waals surface area contributed by atoms with Gasteiger partial charge in [0.05, 0.1) is 6.54 Å². The molecule has 0 aliphatic heterocycles. The number of nitrogens with zero attached hydrogens (tertiary/aromatic N) is 1. The van der Waals surface area contributed by atoms with Crippen LogP contribution in [0, 0.1) is 12.3 Å². The van der Waals surface area contributed by atoms with Gasteiger partial charge in [-0.05, 0) is 5.56 Å². The molecule has 15 heavy (non-hydrogen) atoms. The van der Waals surface area contributed by atoms with Gasteiger partial charge in [-0.3, -0.25) is 4.99 Å². The van der Waals surface area contributed by atoms with Crippen molar-refractivity contribution in [3.63, 3.8) is 0 Å². The maximum atomic E-state index is 5.14. The first-order valence-electron chi connectivity index (χ1n) is 4.78. The largest absolute Gasteiger partial charge is 0.352 e. The standard InChI is InChI=1S/C12H15N3/c1-3-9-14-12(13-2)15-10-11-7-5-4-6-8-11/h1,4-8H,9-10H2,2H3,(H2,13,14,15). The number of hydrogen-bond donors (Lipinski definition) is 2. The minimum atomic E-state index is 0.481. The second-order valence-electron chi connectivity index (χ2n) is 2.97. The van der Waals surface area contributed by atoms with E-state index in [0.29, 0.717) is 6.54 Å². The average molecular weight is 201 g/mol. The Morgan fingerprint density at radius 3 is 2.67 bits per heavy atom. The van der Waals surface area contributed by atoms with Crippen LogP contribution in [-0.2, 0) is 6.54 Å². The van der Waals surface area contributed by atoms with Gasteiger partial charge < -0.3 is 10.6 Å². The molecule has 1 aromatic rings. The third kappa shape index (κ3) is 4.19. The van der Waals surface area contributed by atoms with E-state index in [2.05, 4.69) is 33.7 Å². The lowest BCUT2D eigenvalue weighted by Crippen LogP contribution is -2.36. The summed E-state index contributed by atoms with van der Waals surface area (Å²) >= 11 is 0. The SMILES string of the molecule is C#CCNC(=NC)NCc1ccccc1. The fraction of sp³-hybridized carbons (Fsp3) is 0.250. The molecule has 3 heteroatoms. The zero-order valence-electron chi connectivity index (χ0n) is 8.83. The first kappa shape index (κ1) is 11.1. The van der Waals surface area contributed by atoms with Crippen LogP contribution < -0.4 is 10.6 Å². The molecular formula is C12H15N3. The lowest BCUT2D eigenvalue weighted by molar-refractivity contribution is 0.851. The third-order valence-electron chi connectivity index (χ3n) is 1.88. The highest BCUT2D eigenvalue weighted by Gasteiger charge is 1.95. The summed E-state index contributed by atoms with van der Waals surface area (Å²) in [5, 5.41) is 6.16. The highest BCUT2D eigenvalue weighted by atomic mass is 15.2. The minimum Gasteiger partial charge on any atom is -0.352 e. The highest BCUT2D eigenvalue weighted by molar-refractivity contribution is 5.79. The number of guanidine groups is 1. The van der Waals surface area contributed by atoms with Gasteiger partial charge in [0, 0.05) is 13.6 Å². The van der Waals surface area contributed by atoms with Gasteiger partial charge in [0.2, 0.25) is 0 Å². The summed E-state index contributed by atoms with van der Waals surface area (Å²) < 4.78 is 0. The Labute approximate surface area is 90.6 Å². The topological polar surface area (TPSA) is 36.4 Å². The summed E-state index contributed by atoms with van der Waals surface area (Å²) in [6.07, 6.45) is 5.14. The van der Waals surface area contributed by atoms with Crippen molar-refractivity contribution in [1.82, 2.24) is 10.6 Å². The van der Waals surface area contributed by atoms with E-state index in [9.17, 15) is 0 Å². The zero-order chi connectivity index (χ0) is 10.9. The van der Waals surface area contributed by atoms with Crippen LogP contribution in [0.25, 0.3) is 0 Å². The summed E-state index contributed by atoms with van der Waals surface area (Å²) in [6.45, 7) is 1.22. The van der Waals surface area contributed by atoms with Gasteiger partial charge in [-0.25, -0.2) is 0 Å². The number of aliphatic imine (C=N–C) groups is 1. The molecule has 0 amide bonds. The predicted octanol–water partition coefficient (Wildman–Crippen LogP) is 0.985. The van der Waals surface area contributed by atoms with E-state index in [0.717, 1.165) is 12.5 Å². The summed E-state index contributed by atoms with van der Waals surface area (Å²) in [5.74, 6) is 3.22. The Balaban J connectivity index is 2.39. The molecule has 1 rings (SSSR count). The van der Waals surface area contributed by atoms with E-state index in [1.807, 2.05) is 18.2 Å². The van der Waals surface area contributed by atoms with Crippen LogP contribution in [-0.4, -0.2) is 19.6 Å². The van der Waals surface area contributed by atoms with Crippen molar-refractivity contribution < 1.29 is 0 Å². The lowest BCUT2D eigenvalue weighted by Gasteiger charge is -2.09. The quantitative estimate of drug-likeness (QED) is 0.434. The summed E-state index contributed by atoms with van der Waals surface area (Å²) in [6, 6.07) is 10.1. The minimum absolute atomic E-state index is 0.481. The van der Waals surface area contributed by atoms with Gasteiger partial charge in [-0.1, -0.05) is 36.3 Å². The van der Waals surface area contributed by atoms with Crippen molar-refractivity contribution in [3.05, 3.63) is 35.9 Å². The molecule has 0 aliphatic rings. The summed E-state index contributed by atoms with van der Waals surface area (Å²) in [7, 11) is 1.72. The zero-order valence-corrected chi connectivity index (χ0v) is 8.83. The Kier molecular flexibility index (Phi) is 4.82. The molecule has 0 saturated heterocycles. The van der Waals surface area contributed by atoms with Gasteiger partial charge in [0.15, 0.2) is 5.96 Å². The van der Waals surface area contributed by atoms with Crippen LogP contribution in [0.3, 0.4) is 0 Å². The van der Waals surface area contributed by atoms with Gasteiger partial charge >= 0.3 is 0 Å². The van der Waals surface area contributed by atoms with Gasteiger partial charge in [0.25, 0.3) is 0 Å². The normalized spacial score (nSPS) is 10.5. The number of hydrogen-bond acceptors (Lipinski definition) is 1. The average Bonchev–Trinajstić information content (AvgIpc) is 2.31. The molecule has 1 aromatic carbocycles. The molecule has 2 N–H and O–H groups in total. The summed E-state index contributed by atoms with van der Waals surface area (Å²) in [4.78, 5) is 4.04. The molecule has 0 saturated carbocycles.